The first-order valence-corrected chi connectivity index (χ1v) is 4.96. The van der Waals surface area contributed by atoms with Crippen LogP contribution in [0.4, 0.5) is 13.2 Å². The van der Waals surface area contributed by atoms with Crippen LogP contribution in [0.25, 0.3) is 0 Å². The van der Waals surface area contributed by atoms with Crippen LogP contribution in [0.15, 0.2) is 0 Å². The topological polar surface area (TPSA) is 30.5 Å². The Morgan fingerprint density at radius 1 is 1.27 bits per heavy atom. The van der Waals surface area contributed by atoms with E-state index in [1.54, 1.807) is 0 Å². The standard InChI is InChI=1S/C9H16F3NO2/c1-6-3-8(4-7(2)15-6)13-14-5-9(10,11)12/h6-8,13H,3-5H2,1-2H3. The summed E-state index contributed by atoms with van der Waals surface area (Å²) in [5, 5.41) is 0. The summed E-state index contributed by atoms with van der Waals surface area (Å²) in [7, 11) is 0. The van der Waals surface area contributed by atoms with Gasteiger partial charge in [-0.1, -0.05) is 0 Å². The molecule has 0 aromatic rings. The first-order chi connectivity index (χ1) is 6.87. The highest BCUT2D eigenvalue weighted by Gasteiger charge is 2.29. The van der Waals surface area contributed by atoms with Gasteiger partial charge < -0.3 is 4.74 Å². The van der Waals surface area contributed by atoms with E-state index in [-0.39, 0.29) is 18.2 Å². The van der Waals surface area contributed by atoms with Crippen LogP contribution in [-0.2, 0) is 9.57 Å². The van der Waals surface area contributed by atoms with Gasteiger partial charge in [-0.2, -0.15) is 18.7 Å². The molecule has 0 aliphatic carbocycles. The molecule has 1 saturated heterocycles. The number of halogens is 3. The van der Waals surface area contributed by atoms with Gasteiger partial charge in [-0.3, -0.25) is 4.84 Å². The maximum absolute atomic E-state index is 11.8. The molecule has 2 unspecified atom stereocenters. The molecule has 1 N–H and O–H groups in total. The van der Waals surface area contributed by atoms with Crippen molar-refractivity contribution in [3.8, 4) is 0 Å². The van der Waals surface area contributed by atoms with Crippen molar-refractivity contribution < 1.29 is 22.7 Å². The molecule has 1 aliphatic rings. The average Bonchev–Trinajstić information content (AvgIpc) is 1.99. The van der Waals surface area contributed by atoms with Gasteiger partial charge in [0, 0.05) is 6.04 Å². The summed E-state index contributed by atoms with van der Waals surface area (Å²) in [4.78, 5) is 4.40. The van der Waals surface area contributed by atoms with E-state index < -0.39 is 12.8 Å². The van der Waals surface area contributed by atoms with E-state index in [9.17, 15) is 13.2 Å². The van der Waals surface area contributed by atoms with Crippen molar-refractivity contribution in [1.82, 2.24) is 5.48 Å². The first kappa shape index (κ1) is 12.7. The van der Waals surface area contributed by atoms with E-state index in [1.807, 2.05) is 13.8 Å². The van der Waals surface area contributed by atoms with Crippen molar-refractivity contribution in [3.63, 3.8) is 0 Å². The summed E-state index contributed by atoms with van der Waals surface area (Å²) in [5.41, 5.74) is 2.44. The number of hydrogen-bond donors (Lipinski definition) is 1. The Kier molecular flexibility index (Phi) is 4.36. The van der Waals surface area contributed by atoms with Gasteiger partial charge in [-0.15, -0.1) is 0 Å². The van der Waals surface area contributed by atoms with E-state index in [1.165, 1.54) is 0 Å². The first-order valence-electron chi connectivity index (χ1n) is 4.96. The predicted molar refractivity (Wildman–Crippen MR) is 48.2 cm³/mol. The number of alkyl halides is 3. The number of hydroxylamine groups is 1. The maximum Gasteiger partial charge on any atom is 0.413 e. The third kappa shape index (κ3) is 5.34. The van der Waals surface area contributed by atoms with E-state index in [0.717, 1.165) is 0 Å². The molecule has 0 radical (unpaired) electrons. The Balaban J connectivity index is 2.21. The molecule has 2 atom stereocenters. The summed E-state index contributed by atoms with van der Waals surface area (Å²) in [6.07, 6.45) is -2.83. The summed E-state index contributed by atoms with van der Waals surface area (Å²) < 4.78 is 40.8. The highest BCUT2D eigenvalue weighted by Crippen LogP contribution is 2.19. The van der Waals surface area contributed by atoms with Crippen molar-refractivity contribution in [2.45, 2.75) is 51.1 Å². The highest BCUT2D eigenvalue weighted by atomic mass is 19.4. The van der Waals surface area contributed by atoms with Crippen molar-refractivity contribution in [1.29, 1.82) is 0 Å². The van der Waals surface area contributed by atoms with Crippen molar-refractivity contribution in [2.75, 3.05) is 6.61 Å². The number of rotatable bonds is 3. The minimum absolute atomic E-state index is 0.0562. The lowest BCUT2D eigenvalue weighted by Crippen LogP contribution is -2.42. The molecule has 0 bridgehead atoms. The van der Waals surface area contributed by atoms with Crippen LogP contribution < -0.4 is 5.48 Å². The Labute approximate surface area is 86.9 Å². The molecule has 1 heterocycles. The fourth-order valence-electron chi connectivity index (χ4n) is 1.74. The molecular formula is C9H16F3NO2. The molecule has 0 saturated carbocycles. The highest BCUT2D eigenvalue weighted by molar-refractivity contribution is 4.76. The zero-order chi connectivity index (χ0) is 11.5. The molecule has 1 fully saturated rings. The Morgan fingerprint density at radius 2 is 1.80 bits per heavy atom. The molecule has 15 heavy (non-hydrogen) atoms. The third-order valence-corrected chi connectivity index (χ3v) is 2.18. The molecule has 0 aromatic heterocycles. The molecule has 1 rings (SSSR count). The average molecular weight is 227 g/mol. The van der Waals surface area contributed by atoms with Crippen molar-refractivity contribution >= 4 is 0 Å². The second-order valence-electron chi connectivity index (χ2n) is 3.95. The van der Waals surface area contributed by atoms with Crippen LogP contribution in [-0.4, -0.2) is 31.0 Å². The zero-order valence-electron chi connectivity index (χ0n) is 8.80. The smallest absolute Gasteiger partial charge is 0.375 e. The zero-order valence-corrected chi connectivity index (χ0v) is 8.80. The summed E-state index contributed by atoms with van der Waals surface area (Å²) in [6, 6.07) is -0.0638. The largest absolute Gasteiger partial charge is 0.413 e. The SMILES string of the molecule is CC1CC(NOCC(F)(F)F)CC(C)O1. The second kappa shape index (κ2) is 5.14. The lowest BCUT2D eigenvalue weighted by atomic mass is 10.0. The van der Waals surface area contributed by atoms with Gasteiger partial charge in [0.25, 0.3) is 0 Å². The maximum atomic E-state index is 11.8. The fraction of sp³-hybridized carbons (Fsp3) is 1.00. The van der Waals surface area contributed by atoms with E-state index in [2.05, 4.69) is 10.3 Å². The normalized spacial score (nSPS) is 33.0. The molecule has 1 aliphatic heterocycles. The Morgan fingerprint density at radius 3 is 2.27 bits per heavy atom. The molecular weight excluding hydrogens is 211 g/mol. The molecule has 0 spiro atoms. The summed E-state index contributed by atoms with van der Waals surface area (Å²) in [6.45, 7) is 2.54. The minimum atomic E-state index is -4.28. The fourth-order valence-corrected chi connectivity index (χ4v) is 1.74. The Hall–Kier alpha value is -0.330. The van der Waals surface area contributed by atoms with Crippen LogP contribution in [0.3, 0.4) is 0 Å². The summed E-state index contributed by atoms with van der Waals surface area (Å²) >= 11 is 0. The molecule has 6 heteroatoms. The van der Waals surface area contributed by atoms with E-state index in [0.29, 0.717) is 12.8 Å². The van der Waals surface area contributed by atoms with Gasteiger partial charge in [0.2, 0.25) is 0 Å². The van der Waals surface area contributed by atoms with Gasteiger partial charge >= 0.3 is 6.18 Å². The molecule has 90 valence electrons. The Bertz CT molecular complexity index is 188. The van der Waals surface area contributed by atoms with Gasteiger partial charge in [-0.25, -0.2) is 0 Å². The van der Waals surface area contributed by atoms with Gasteiger partial charge in [0.15, 0.2) is 6.61 Å². The number of hydrogen-bond acceptors (Lipinski definition) is 3. The quantitative estimate of drug-likeness (QED) is 0.748. The van der Waals surface area contributed by atoms with Gasteiger partial charge in [0.05, 0.1) is 12.2 Å². The van der Waals surface area contributed by atoms with Gasteiger partial charge in [-0.05, 0) is 26.7 Å². The monoisotopic (exact) mass is 227 g/mol. The number of nitrogens with one attached hydrogen (secondary N) is 1. The molecule has 0 aromatic carbocycles. The lowest BCUT2D eigenvalue weighted by molar-refractivity contribution is -0.197. The van der Waals surface area contributed by atoms with Crippen LogP contribution in [0.1, 0.15) is 26.7 Å². The molecule has 3 nitrogen and oxygen atoms in total. The second-order valence-corrected chi connectivity index (χ2v) is 3.95. The van der Waals surface area contributed by atoms with Gasteiger partial charge in [0.1, 0.15) is 0 Å². The van der Waals surface area contributed by atoms with Crippen LogP contribution in [0, 0.1) is 0 Å². The molecule has 0 amide bonds. The minimum Gasteiger partial charge on any atom is -0.375 e. The lowest BCUT2D eigenvalue weighted by Gasteiger charge is -2.32. The van der Waals surface area contributed by atoms with Crippen molar-refractivity contribution in [2.24, 2.45) is 0 Å². The third-order valence-electron chi connectivity index (χ3n) is 2.18. The van der Waals surface area contributed by atoms with E-state index >= 15 is 0 Å². The predicted octanol–water partition coefficient (Wildman–Crippen LogP) is 2.03. The van der Waals surface area contributed by atoms with Crippen molar-refractivity contribution in [3.05, 3.63) is 0 Å². The van der Waals surface area contributed by atoms with Crippen LogP contribution >= 0.6 is 0 Å². The number of ether oxygens (including phenoxy) is 1. The van der Waals surface area contributed by atoms with Crippen LogP contribution in [0.2, 0.25) is 0 Å². The van der Waals surface area contributed by atoms with E-state index in [4.69, 9.17) is 4.74 Å². The van der Waals surface area contributed by atoms with Crippen LogP contribution in [0.5, 0.6) is 0 Å². The summed E-state index contributed by atoms with van der Waals surface area (Å²) in [5.74, 6) is 0.